The fourth-order valence-electron chi connectivity index (χ4n) is 1.81. The molecule has 0 amide bonds. The van der Waals surface area contributed by atoms with Gasteiger partial charge in [0.15, 0.2) is 0 Å². The highest BCUT2D eigenvalue weighted by molar-refractivity contribution is 5.25. The molecule has 3 aromatic carbocycles. The molecule has 0 aromatic heterocycles. The molecule has 0 radical (unpaired) electrons. The predicted octanol–water partition coefficient (Wildman–Crippen LogP) is 10.6. The zero-order valence-electron chi connectivity index (χ0n) is 21.8. The Morgan fingerprint density at radius 2 is 0.484 bits per heavy atom. The van der Waals surface area contributed by atoms with E-state index in [-0.39, 0.29) is 0 Å². The van der Waals surface area contributed by atoms with Crippen molar-refractivity contribution in [2.24, 2.45) is 0 Å². The van der Waals surface area contributed by atoms with Gasteiger partial charge in [0, 0.05) is 0 Å². The number of rotatable bonds is 2. The molecule has 0 saturated heterocycles. The Morgan fingerprint density at radius 1 is 0.323 bits per heavy atom. The predicted molar refractivity (Wildman–Crippen MR) is 146 cm³/mol. The molecule has 0 unspecified atom stereocenters. The number of hydrogen-bond acceptors (Lipinski definition) is 0. The van der Waals surface area contributed by atoms with E-state index in [0.29, 0.717) is 0 Å². The molecule has 31 heavy (non-hydrogen) atoms. The maximum atomic E-state index is 2.16. The molecule has 0 nitrogen and oxygen atoms in total. The van der Waals surface area contributed by atoms with Crippen LogP contribution in [0.5, 0.6) is 0 Å². The molecule has 0 N–H and O–H groups in total. The van der Waals surface area contributed by atoms with Crippen LogP contribution in [0.3, 0.4) is 0 Å². The van der Waals surface area contributed by atoms with Gasteiger partial charge in [-0.15, -0.1) is 0 Å². The standard InChI is InChI=1S/C13H12.C6H6.4C3H8/c1-3-7-12(8-4-1)11-13-9-5-2-6-10-13;1-2-4-6-5-3-1;4*1-3-2/h1-10H,11H2;1-6H;4*3H2,1-2H3. The molecule has 0 spiro atoms. The van der Waals surface area contributed by atoms with Crippen molar-refractivity contribution in [1.29, 1.82) is 0 Å². The van der Waals surface area contributed by atoms with Crippen LogP contribution >= 0.6 is 0 Å². The van der Waals surface area contributed by atoms with Gasteiger partial charge in [-0.3, -0.25) is 0 Å². The van der Waals surface area contributed by atoms with Crippen LogP contribution in [-0.4, -0.2) is 0 Å². The largest absolute Gasteiger partial charge is 0.0656 e. The third-order valence-electron chi connectivity index (χ3n) is 2.76. The van der Waals surface area contributed by atoms with Crippen LogP contribution in [0.4, 0.5) is 0 Å². The van der Waals surface area contributed by atoms with E-state index in [1.165, 1.54) is 36.8 Å². The van der Waals surface area contributed by atoms with Crippen LogP contribution < -0.4 is 0 Å². The first-order chi connectivity index (χ1) is 15.1. The SMILES string of the molecule is CCC.CCC.CCC.CCC.c1ccc(Cc2ccccc2)cc1.c1ccccc1. The minimum absolute atomic E-state index is 1.03. The van der Waals surface area contributed by atoms with Gasteiger partial charge < -0.3 is 0 Å². The van der Waals surface area contributed by atoms with E-state index in [4.69, 9.17) is 0 Å². The molecule has 0 aliphatic heterocycles. The van der Waals surface area contributed by atoms with Crippen LogP contribution in [0.1, 0.15) is 92.2 Å². The molecule has 174 valence electrons. The fourth-order valence-corrected chi connectivity index (χ4v) is 1.81. The topological polar surface area (TPSA) is 0 Å². The van der Waals surface area contributed by atoms with E-state index >= 15 is 0 Å². The Labute approximate surface area is 195 Å². The summed E-state index contributed by atoms with van der Waals surface area (Å²) in [5.41, 5.74) is 2.74. The number of benzene rings is 3. The molecular formula is C31H50. The van der Waals surface area contributed by atoms with Gasteiger partial charge in [0.2, 0.25) is 0 Å². The summed E-state index contributed by atoms with van der Waals surface area (Å²) < 4.78 is 0. The van der Waals surface area contributed by atoms with Gasteiger partial charge in [-0.1, -0.05) is 178 Å². The minimum Gasteiger partial charge on any atom is -0.0656 e. The van der Waals surface area contributed by atoms with E-state index in [1.807, 2.05) is 36.4 Å². The third kappa shape index (κ3) is 32.5. The Balaban J connectivity index is -0.000000365. The van der Waals surface area contributed by atoms with Crippen molar-refractivity contribution in [3.8, 4) is 0 Å². The van der Waals surface area contributed by atoms with Crippen molar-refractivity contribution >= 4 is 0 Å². The van der Waals surface area contributed by atoms with E-state index in [2.05, 4.69) is 116 Å². The first-order valence-corrected chi connectivity index (χ1v) is 12.2. The molecule has 3 rings (SSSR count). The highest BCUT2D eigenvalue weighted by Gasteiger charge is 1.92. The molecule has 0 heterocycles. The summed E-state index contributed by atoms with van der Waals surface area (Å²) in [7, 11) is 0. The van der Waals surface area contributed by atoms with E-state index < -0.39 is 0 Å². The lowest BCUT2D eigenvalue weighted by molar-refractivity contribution is 1.09. The molecule has 0 fully saturated rings. The minimum atomic E-state index is 1.03. The van der Waals surface area contributed by atoms with Gasteiger partial charge in [0.05, 0.1) is 0 Å². The zero-order chi connectivity index (χ0) is 24.0. The van der Waals surface area contributed by atoms with Gasteiger partial charge in [-0.25, -0.2) is 0 Å². The second kappa shape index (κ2) is 32.3. The zero-order valence-corrected chi connectivity index (χ0v) is 21.8. The highest BCUT2D eigenvalue weighted by Crippen LogP contribution is 2.07. The lowest BCUT2D eigenvalue weighted by atomic mass is 10.1. The number of hydrogen-bond donors (Lipinski definition) is 0. The van der Waals surface area contributed by atoms with Crippen LogP contribution in [0.25, 0.3) is 0 Å². The van der Waals surface area contributed by atoms with Crippen molar-refractivity contribution in [3.05, 3.63) is 108 Å². The van der Waals surface area contributed by atoms with Crippen molar-refractivity contribution < 1.29 is 0 Å². The molecule has 0 bridgehead atoms. The fraction of sp³-hybridized carbons (Fsp3) is 0.419. The van der Waals surface area contributed by atoms with Crippen LogP contribution in [0.2, 0.25) is 0 Å². The average Bonchev–Trinajstić information content (AvgIpc) is 2.79. The first kappa shape index (κ1) is 33.3. The van der Waals surface area contributed by atoms with Gasteiger partial charge in [0.25, 0.3) is 0 Å². The van der Waals surface area contributed by atoms with Gasteiger partial charge in [-0.05, 0) is 17.5 Å². The molecule has 0 aliphatic carbocycles. The summed E-state index contributed by atoms with van der Waals surface area (Å²) in [5, 5.41) is 0. The third-order valence-corrected chi connectivity index (χ3v) is 2.76. The maximum absolute atomic E-state index is 2.16. The lowest BCUT2D eigenvalue weighted by Gasteiger charge is -2.00. The molecule has 0 saturated carbocycles. The summed E-state index contributed by atoms with van der Waals surface area (Å²) >= 11 is 0. The molecular weight excluding hydrogens is 372 g/mol. The van der Waals surface area contributed by atoms with E-state index in [1.54, 1.807) is 0 Å². The maximum Gasteiger partial charge on any atom is -0.00258 e. The highest BCUT2D eigenvalue weighted by atomic mass is 14.0. The Morgan fingerprint density at radius 3 is 0.677 bits per heavy atom. The monoisotopic (exact) mass is 422 g/mol. The Bertz CT molecular complexity index is 527. The summed E-state index contributed by atoms with van der Waals surface area (Å²) in [6.07, 6.45) is 6.03. The summed E-state index contributed by atoms with van der Waals surface area (Å²) in [6, 6.07) is 33.1. The first-order valence-electron chi connectivity index (χ1n) is 12.2. The van der Waals surface area contributed by atoms with Crippen molar-refractivity contribution in [1.82, 2.24) is 0 Å². The quantitative estimate of drug-likeness (QED) is 0.385. The second-order valence-corrected chi connectivity index (χ2v) is 7.13. The van der Waals surface area contributed by atoms with Gasteiger partial charge in [-0.2, -0.15) is 0 Å². The van der Waals surface area contributed by atoms with Crippen molar-refractivity contribution in [2.45, 2.75) is 87.5 Å². The van der Waals surface area contributed by atoms with Gasteiger partial charge in [0.1, 0.15) is 0 Å². The summed E-state index contributed by atoms with van der Waals surface area (Å²) in [5.74, 6) is 0. The average molecular weight is 423 g/mol. The smallest absolute Gasteiger partial charge is 0.00258 e. The lowest BCUT2D eigenvalue weighted by Crippen LogP contribution is -1.85. The Hall–Kier alpha value is -2.34. The summed E-state index contributed by atoms with van der Waals surface area (Å²) in [6.45, 7) is 17.0. The normalized spacial score (nSPS) is 8.00. The van der Waals surface area contributed by atoms with Crippen LogP contribution in [0, 0.1) is 0 Å². The molecule has 0 atom stereocenters. The van der Waals surface area contributed by atoms with Crippen molar-refractivity contribution in [3.63, 3.8) is 0 Å². The van der Waals surface area contributed by atoms with E-state index in [9.17, 15) is 0 Å². The molecule has 0 aliphatic rings. The van der Waals surface area contributed by atoms with Crippen LogP contribution in [-0.2, 0) is 6.42 Å². The van der Waals surface area contributed by atoms with Gasteiger partial charge >= 0.3 is 0 Å². The molecule has 0 heteroatoms. The second-order valence-electron chi connectivity index (χ2n) is 7.13. The summed E-state index contributed by atoms with van der Waals surface area (Å²) in [4.78, 5) is 0. The van der Waals surface area contributed by atoms with E-state index in [0.717, 1.165) is 6.42 Å². The van der Waals surface area contributed by atoms with Crippen LogP contribution in [0.15, 0.2) is 97.1 Å². The molecule has 3 aromatic rings. The van der Waals surface area contributed by atoms with Crippen molar-refractivity contribution in [2.75, 3.05) is 0 Å². The Kier molecular flexibility index (Phi) is 34.7.